The third kappa shape index (κ3) is 3.37. The molecule has 1 unspecified atom stereocenters. The molecule has 0 saturated carbocycles. The number of amides is 1. The third-order valence-corrected chi connectivity index (χ3v) is 4.12. The summed E-state index contributed by atoms with van der Waals surface area (Å²) in [4.78, 5) is 14.6. The number of hydrogen-bond donors (Lipinski definition) is 1. The highest BCUT2D eigenvalue weighted by Crippen LogP contribution is 2.20. The monoisotopic (exact) mass is 318 g/mol. The highest BCUT2D eigenvalue weighted by molar-refractivity contribution is 5.81. The number of carbonyl (C=O) groups excluding carboxylic acids is 1. The summed E-state index contributed by atoms with van der Waals surface area (Å²) in [5.41, 5.74) is 6.75. The average Bonchev–Trinajstić information content (AvgIpc) is 3.15. The molecule has 1 aromatic carbocycles. The summed E-state index contributed by atoms with van der Waals surface area (Å²) in [7, 11) is 0. The molecule has 1 aliphatic heterocycles. The van der Waals surface area contributed by atoms with E-state index in [-0.39, 0.29) is 17.8 Å². The van der Waals surface area contributed by atoms with Gasteiger partial charge in [-0.3, -0.25) is 4.79 Å². The average molecular weight is 318 g/mol. The largest absolute Gasteiger partial charge is 0.339 e. The van der Waals surface area contributed by atoms with Crippen LogP contribution in [0.5, 0.6) is 0 Å². The van der Waals surface area contributed by atoms with Crippen LogP contribution in [0.25, 0.3) is 0 Å². The minimum absolute atomic E-state index is 0.0142. The highest BCUT2D eigenvalue weighted by Gasteiger charge is 2.32. The number of tetrazole rings is 1. The summed E-state index contributed by atoms with van der Waals surface area (Å²) >= 11 is 0. The number of aryl methyl sites for hydroxylation is 1. The van der Waals surface area contributed by atoms with Gasteiger partial charge in [-0.15, -0.1) is 5.10 Å². The fourth-order valence-electron chi connectivity index (χ4n) is 2.85. The van der Waals surface area contributed by atoms with Crippen LogP contribution >= 0.6 is 0 Å². The number of rotatable bonds is 4. The lowest BCUT2D eigenvalue weighted by atomic mass is 10.0. The smallest absolute Gasteiger partial charge is 0.247 e. The minimum Gasteiger partial charge on any atom is -0.339 e. The molecule has 122 valence electrons. The van der Waals surface area contributed by atoms with Gasteiger partial charge in [-0.05, 0) is 41.5 Å². The Morgan fingerprint density at radius 3 is 2.74 bits per heavy atom. The number of hydrogen-bond acceptors (Lipinski definition) is 5. The van der Waals surface area contributed by atoms with Crippen molar-refractivity contribution in [2.24, 2.45) is 5.73 Å². The first-order valence-corrected chi connectivity index (χ1v) is 7.58. The first kappa shape index (κ1) is 15.5. The van der Waals surface area contributed by atoms with Crippen LogP contribution in [-0.4, -0.2) is 50.1 Å². The van der Waals surface area contributed by atoms with Crippen molar-refractivity contribution in [2.75, 3.05) is 13.1 Å². The Hall–Kier alpha value is -2.35. The van der Waals surface area contributed by atoms with E-state index in [1.54, 1.807) is 24.0 Å². The zero-order valence-corrected chi connectivity index (χ0v) is 12.9. The van der Waals surface area contributed by atoms with E-state index < -0.39 is 6.04 Å². The van der Waals surface area contributed by atoms with Crippen LogP contribution in [0.3, 0.4) is 0 Å². The lowest BCUT2D eigenvalue weighted by Gasteiger charge is -2.23. The number of nitrogens with two attached hydrogens (primary N) is 1. The standard InChI is InChI=1S/C15H19FN6O/c1-10-18-19-20-22(10)14(8-11-2-4-12(16)5-3-11)15(23)21-7-6-13(17)9-21/h2-5,13-14H,6-9,17H2,1H3/t13-,14?/m1/s1. The molecule has 0 aliphatic carbocycles. The van der Waals surface area contributed by atoms with Crippen LogP contribution in [0, 0.1) is 12.7 Å². The van der Waals surface area contributed by atoms with Crippen molar-refractivity contribution in [3.8, 4) is 0 Å². The van der Waals surface area contributed by atoms with E-state index in [1.807, 2.05) is 0 Å². The molecule has 1 aliphatic rings. The summed E-state index contributed by atoms with van der Waals surface area (Å²) in [5.74, 6) is 0.201. The number of likely N-dealkylation sites (tertiary alicyclic amines) is 1. The van der Waals surface area contributed by atoms with Crippen LogP contribution in [0.4, 0.5) is 4.39 Å². The molecule has 0 bridgehead atoms. The number of halogens is 1. The maximum absolute atomic E-state index is 13.1. The molecule has 1 fully saturated rings. The molecule has 0 spiro atoms. The molecule has 1 amide bonds. The summed E-state index contributed by atoms with van der Waals surface area (Å²) in [6, 6.07) is 5.57. The van der Waals surface area contributed by atoms with Crippen molar-refractivity contribution in [3.63, 3.8) is 0 Å². The van der Waals surface area contributed by atoms with Gasteiger partial charge < -0.3 is 10.6 Å². The SMILES string of the molecule is Cc1nnnn1C(Cc1ccc(F)cc1)C(=O)N1CC[C@@H](N)C1. The third-order valence-electron chi connectivity index (χ3n) is 4.12. The van der Waals surface area contributed by atoms with Gasteiger partial charge in [-0.25, -0.2) is 9.07 Å². The normalized spacial score (nSPS) is 19.1. The molecular weight excluding hydrogens is 299 g/mol. The van der Waals surface area contributed by atoms with E-state index in [1.165, 1.54) is 16.8 Å². The van der Waals surface area contributed by atoms with Crippen molar-refractivity contribution in [2.45, 2.75) is 31.8 Å². The van der Waals surface area contributed by atoms with Gasteiger partial charge in [-0.1, -0.05) is 12.1 Å². The summed E-state index contributed by atoms with van der Waals surface area (Å²) in [6.07, 6.45) is 1.19. The van der Waals surface area contributed by atoms with E-state index in [0.29, 0.717) is 25.3 Å². The van der Waals surface area contributed by atoms with Crippen LogP contribution in [0.1, 0.15) is 23.9 Å². The van der Waals surface area contributed by atoms with E-state index >= 15 is 0 Å². The van der Waals surface area contributed by atoms with Gasteiger partial charge in [-0.2, -0.15) is 0 Å². The molecule has 2 aromatic rings. The minimum atomic E-state index is -0.555. The highest BCUT2D eigenvalue weighted by atomic mass is 19.1. The summed E-state index contributed by atoms with van der Waals surface area (Å²) < 4.78 is 14.6. The lowest BCUT2D eigenvalue weighted by Crippen LogP contribution is -2.39. The summed E-state index contributed by atoms with van der Waals surface area (Å²) in [6.45, 7) is 2.93. The molecule has 3 rings (SSSR count). The predicted molar refractivity (Wildman–Crippen MR) is 80.9 cm³/mol. The van der Waals surface area contributed by atoms with Gasteiger partial charge in [0.2, 0.25) is 5.91 Å². The molecule has 2 heterocycles. The molecule has 23 heavy (non-hydrogen) atoms. The molecule has 2 N–H and O–H groups in total. The zero-order valence-electron chi connectivity index (χ0n) is 12.9. The topological polar surface area (TPSA) is 89.9 Å². The van der Waals surface area contributed by atoms with Crippen molar-refractivity contribution < 1.29 is 9.18 Å². The van der Waals surface area contributed by atoms with Gasteiger partial charge in [0.05, 0.1) is 0 Å². The molecule has 7 nitrogen and oxygen atoms in total. The molecule has 0 radical (unpaired) electrons. The lowest BCUT2D eigenvalue weighted by molar-refractivity contribution is -0.134. The van der Waals surface area contributed by atoms with Gasteiger partial charge >= 0.3 is 0 Å². The van der Waals surface area contributed by atoms with E-state index in [4.69, 9.17) is 5.73 Å². The van der Waals surface area contributed by atoms with Crippen LogP contribution < -0.4 is 5.73 Å². The molecule has 1 aromatic heterocycles. The Morgan fingerprint density at radius 2 is 2.17 bits per heavy atom. The van der Waals surface area contributed by atoms with Crippen molar-refractivity contribution >= 4 is 5.91 Å². The molecule has 2 atom stereocenters. The quantitative estimate of drug-likeness (QED) is 0.885. The van der Waals surface area contributed by atoms with Gasteiger partial charge in [0.25, 0.3) is 0 Å². The maximum Gasteiger partial charge on any atom is 0.247 e. The van der Waals surface area contributed by atoms with Gasteiger partial charge in [0, 0.05) is 25.6 Å². The van der Waals surface area contributed by atoms with Crippen molar-refractivity contribution in [1.82, 2.24) is 25.1 Å². The van der Waals surface area contributed by atoms with E-state index in [0.717, 1.165) is 12.0 Å². The van der Waals surface area contributed by atoms with E-state index in [2.05, 4.69) is 15.5 Å². The first-order chi connectivity index (χ1) is 11.0. The summed E-state index contributed by atoms with van der Waals surface area (Å²) in [5, 5.41) is 11.4. The number of aromatic nitrogens is 4. The molecule has 8 heteroatoms. The first-order valence-electron chi connectivity index (χ1n) is 7.58. The number of carbonyl (C=O) groups is 1. The number of benzene rings is 1. The van der Waals surface area contributed by atoms with E-state index in [9.17, 15) is 9.18 Å². The fourth-order valence-corrected chi connectivity index (χ4v) is 2.85. The second-order valence-electron chi connectivity index (χ2n) is 5.85. The van der Waals surface area contributed by atoms with Crippen LogP contribution in [0.2, 0.25) is 0 Å². The zero-order chi connectivity index (χ0) is 16.4. The molecule has 1 saturated heterocycles. The predicted octanol–water partition coefficient (Wildman–Crippen LogP) is 0.464. The Balaban J connectivity index is 1.86. The Labute approximate surface area is 133 Å². The van der Waals surface area contributed by atoms with Crippen LogP contribution in [-0.2, 0) is 11.2 Å². The second-order valence-corrected chi connectivity index (χ2v) is 5.85. The second kappa shape index (κ2) is 6.41. The fraction of sp³-hybridized carbons (Fsp3) is 0.467. The molecular formula is C15H19FN6O. The van der Waals surface area contributed by atoms with Crippen molar-refractivity contribution in [1.29, 1.82) is 0 Å². The van der Waals surface area contributed by atoms with Gasteiger partial charge in [0.15, 0.2) is 0 Å². The number of nitrogens with zero attached hydrogens (tertiary/aromatic N) is 5. The Bertz CT molecular complexity index is 686. The van der Waals surface area contributed by atoms with Crippen molar-refractivity contribution in [3.05, 3.63) is 41.5 Å². The van der Waals surface area contributed by atoms with Gasteiger partial charge in [0.1, 0.15) is 17.7 Å². The Kier molecular flexibility index (Phi) is 4.33. The Morgan fingerprint density at radius 1 is 1.43 bits per heavy atom. The van der Waals surface area contributed by atoms with Crippen LogP contribution in [0.15, 0.2) is 24.3 Å². The maximum atomic E-state index is 13.1.